The van der Waals surface area contributed by atoms with Gasteiger partial charge in [0.2, 0.25) is 10.0 Å². The third-order valence-electron chi connectivity index (χ3n) is 3.84. The molecule has 0 radical (unpaired) electrons. The van der Waals surface area contributed by atoms with E-state index in [-0.39, 0.29) is 22.4 Å². The van der Waals surface area contributed by atoms with Gasteiger partial charge in [-0.25, -0.2) is 22.8 Å². The quantitative estimate of drug-likeness (QED) is 0.531. The second kappa shape index (κ2) is 9.20. The zero-order valence-corrected chi connectivity index (χ0v) is 16.7. The normalized spacial score (nSPS) is 10.7. The number of nitrogens with one attached hydrogen (secondary N) is 1. The number of carbonyl (C=O) groups excluding carboxylic acids is 3. The van der Waals surface area contributed by atoms with Crippen molar-refractivity contribution in [3.05, 3.63) is 64.7 Å². The average molecular weight is 421 g/mol. The summed E-state index contributed by atoms with van der Waals surface area (Å²) >= 11 is 0. The summed E-state index contributed by atoms with van der Waals surface area (Å²) in [4.78, 5) is 35.1. The lowest BCUT2D eigenvalue weighted by Crippen LogP contribution is -2.18. The van der Waals surface area contributed by atoms with Gasteiger partial charge < -0.3 is 14.2 Å². The molecule has 0 aromatic heterocycles. The zero-order valence-electron chi connectivity index (χ0n) is 15.9. The van der Waals surface area contributed by atoms with E-state index in [1.54, 1.807) is 0 Å². The van der Waals surface area contributed by atoms with Gasteiger partial charge >= 0.3 is 17.9 Å². The third-order valence-corrected chi connectivity index (χ3v) is 5.09. The molecule has 0 heterocycles. The summed E-state index contributed by atoms with van der Waals surface area (Å²) in [6, 6.07) is 9.59. The van der Waals surface area contributed by atoms with Crippen LogP contribution in [0.5, 0.6) is 0 Å². The van der Waals surface area contributed by atoms with E-state index in [1.807, 2.05) is 0 Å². The first-order chi connectivity index (χ1) is 13.7. The van der Waals surface area contributed by atoms with Crippen molar-refractivity contribution in [3.8, 4) is 0 Å². The van der Waals surface area contributed by atoms with Crippen LogP contribution in [0.4, 0.5) is 5.69 Å². The number of carbonyl (C=O) groups is 3. The maximum absolute atomic E-state index is 12.6. The predicted molar refractivity (Wildman–Crippen MR) is 103 cm³/mol. The molecule has 0 atom stereocenters. The first-order valence-corrected chi connectivity index (χ1v) is 9.84. The van der Waals surface area contributed by atoms with Gasteiger partial charge in [-0.3, -0.25) is 4.72 Å². The van der Waals surface area contributed by atoms with Gasteiger partial charge in [0.15, 0.2) is 0 Å². The Morgan fingerprint density at radius 3 is 1.86 bits per heavy atom. The van der Waals surface area contributed by atoms with Crippen molar-refractivity contribution >= 4 is 33.6 Å². The van der Waals surface area contributed by atoms with Crippen LogP contribution in [0.1, 0.15) is 36.6 Å². The van der Waals surface area contributed by atoms with Gasteiger partial charge in [0.05, 0.1) is 49.5 Å². The Morgan fingerprint density at radius 1 is 0.793 bits per heavy atom. The number of benzene rings is 2. The van der Waals surface area contributed by atoms with Gasteiger partial charge in [0.25, 0.3) is 0 Å². The Bertz CT molecular complexity index is 1030. The number of sulfonamides is 1. The fourth-order valence-corrected chi connectivity index (χ4v) is 3.65. The fourth-order valence-electron chi connectivity index (χ4n) is 2.44. The van der Waals surface area contributed by atoms with Crippen molar-refractivity contribution in [1.29, 1.82) is 0 Å². The number of methoxy groups -OCH3 is 3. The molecule has 1 N–H and O–H groups in total. The molecule has 2 aromatic rings. The molecule has 0 aliphatic carbocycles. The van der Waals surface area contributed by atoms with E-state index in [4.69, 9.17) is 0 Å². The summed E-state index contributed by atoms with van der Waals surface area (Å²) in [5.74, 6) is -2.45. The zero-order chi connectivity index (χ0) is 21.6. The Balaban J connectivity index is 2.31. The van der Waals surface area contributed by atoms with Crippen molar-refractivity contribution in [3.63, 3.8) is 0 Å². The minimum absolute atomic E-state index is 0.0558. The summed E-state index contributed by atoms with van der Waals surface area (Å²) in [6.07, 6.45) is 0. The molecule has 0 fully saturated rings. The van der Waals surface area contributed by atoms with Gasteiger partial charge in [0.1, 0.15) is 0 Å². The van der Waals surface area contributed by atoms with Crippen LogP contribution in [0, 0.1) is 0 Å². The largest absolute Gasteiger partial charge is 0.465 e. The monoisotopic (exact) mass is 421 g/mol. The third kappa shape index (κ3) is 5.55. The van der Waals surface area contributed by atoms with Gasteiger partial charge in [-0.05, 0) is 35.9 Å². The standard InChI is InChI=1S/C19H19NO8S/c1-26-17(21)13-6-4-12(5-7-13)11-29(24,25)20-16-10-14(18(22)27-2)8-9-15(16)19(23)28-3/h4-10,20H,11H2,1-3H3. The topological polar surface area (TPSA) is 125 Å². The number of hydrogen-bond donors (Lipinski definition) is 1. The number of rotatable bonds is 7. The number of ether oxygens (including phenoxy) is 3. The van der Waals surface area contributed by atoms with Crippen LogP contribution in [-0.4, -0.2) is 47.7 Å². The van der Waals surface area contributed by atoms with Gasteiger partial charge in [-0.2, -0.15) is 0 Å². The smallest absolute Gasteiger partial charge is 0.339 e. The molecule has 2 aromatic carbocycles. The maximum atomic E-state index is 12.6. The second-order valence-electron chi connectivity index (χ2n) is 5.79. The van der Waals surface area contributed by atoms with Crippen LogP contribution < -0.4 is 4.72 Å². The van der Waals surface area contributed by atoms with Gasteiger partial charge in [-0.1, -0.05) is 12.1 Å². The molecule has 0 unspecified atom stereocenters. The van der Waals surface area contributed by atoms with Crippen LogP contribution in [-0.2, 0) is 30.0 Å². The Hall–Kier alpha value is -3.40. The number of anilines is 1. The molecular formula is C19H19NO8S. The van der Waals surface area contributed by atoms with Crippen molar-refractivity contribution in [1.82, 2.24) is 0 Å². The molecule has 2 rings (SSSR count). The van der Waals surface area contributed by atoms with Crippen molar-refractivity contribution in [2.45, 2.75) is 5.75 Å². The van der Waals surface area contributed by atoms with E-state index >= 15 is 0 Å². The van der Waals surface area contributed by atoms with Gasteiger partial charge in [0, 0.05) is 0 Å². The highest BCUT2D eigenvalue weighted by Crippen LogP contribution is 2.22. The minimum Gasteiger partial charge on any atom is -0.465 e. The SMILES string of the molecule is COC(=O)c1ccc(CS(=O)(=O)Nc2cc(C(=O)OC)ccc2C(=O)OC)cc1. The Kier molecular flexibility index (Phi) is 6.94. The Morgan fingerprint density at radius 2 is 1.31 bits per heavy atom. The highest BCUT2D eigenvalue weighted by molar-refractivity contribution is 7.91. The highest BCUT2D eigenvalue weighted by Gasteiger charge is 2.20. The summed E-state index contributed by atoms with van der Waals surface area (Å²) in [7, 11) is -0.394. The molecule has 0 saturated heterocycles. The van der Waals surface area contributed by atoms with Crippen molar-refractivity contribution in [2.24, 2.45) is 0 Å². The molecule has 0 saturated carbocycles. The second-order valence-corrected chi connectivity index (χ2v) is 7.52. The summed E-state index contributed by atoms with van der Waals surface area (Å²) < 4.78 is 41.3. The summed E-state index contributed by atoms with van der Waals surface area (Å²) in [5, 5.41) is 0. The molecule has 0 aliphatic rings. The lowest BCUT2D eigenvalue weighted by atomic mass is 10.1. The van der Waals surface area contributed by atoms with E-state index in [9.17, 15) is 22.8 Å². The van der Waals surface area contributed by atoms with Crippen LogP contribution in [0.25, 0.3) is 0 Å². The van der Waals surface area contributed by atoms with E-state index in [0.29, 0.717) is 5.56 Å². The van der Waals surface area contributed by atoms with Gasteiger partial charge in [-0.15, -0.1) is 0 Å². The molecular weight excluding hydrogens is 402 g/mol. The molecule has 0 aliphatic heterocycles. The van der Waals surface area contributed by atoms with Crippen LogP contribution in [0.3, 0.4) is 0 Å². The first kappa shape index (κ1) is 21.9. The van der Waals surface area contributed by atoms with Crippen molar-refractivity contribution < 1.29 is 37.0 Å². The van der Waals surface area contributed by atoms with E-state index < -0.39 is 33.7 Å². The fraction of sp³-hybridized carbons (Fsp3) is 0.211. The molecule has 0 bridgehead atoms. The van der Waals surface area contributed by atoms with E-state index in [2.05, 4.69) is 18.9 Å². The predicted octanol–water partition coefficient (Wildman–Crippen LogP) is 1.99. The van der Waals surface area contributed by atoms with Crippen LogP contribution >= 0.6 is 0 Å². The molecule has 10 heteroatoms. The maximum Gasteiger partial charge on any atom is 0.339 e. The lowest BCUT2D eigenvalue weighted by molar-refractivity contribution is 0.0587. The molecule has 0 amide bonds. The highest BCUT2D eigenvalue weighted by atomic mass is 32.2. The molecule has 9 nitrogen and oxygen atoms in total. The average Bonchev–Trinajstić information content (AvgIpc) is 2.71. The van der Waals surface area contributed by atoms with Crippen molar-refractivity contribution in [2.75, 3.05) is 26.1 Å². The number of esters is 3. The summed E-state index contributed by atoms with van der Waals surface area (Å²) in [5.41, 5.74) is 0.547. The lowest BCUT2D eigenvalue weighted by Gasteiger charge is -2.13. The molecule has 154 valence electrons. The number of hydrogen-bond acceptors (Lipinski definition) is 8. The summed E-state index contributed by atoms with van der Waals surface area (Å²) in [6.45, 7) is 0. The van der Waals surface area contributed by atoms with Crippen LogP contribution in [0.2, 0.25) is 0 Å². The first-order valence-electron chi connectivity index (χ1n) is 8.19. The molecule has 0 spiro atoms. The van der Waals surface area contributed by atoms with E-state index in [1.165, 1.54) is 56.7 Å². The minimum atomic E-state index is -3.97. The molecule has 29 heavy (non-hydrogen) atoms. The Labute approximate surface area is 167 Å². The van der Waals surface area contributed by atoms with Crippen LogP contribution in [0.15, 0.2) is 42.5 Å². The van der Waals surface area contributed by atoms with E-state index in [0.717, 1.165) is 7.11 Å².